The summed E-state index contributed by atoms with van der Waals surface area (Å²) in [6, 6.07) is 18.1. The van der Waals surface area contributed by atoms with Crippen molar-refractivity contribution in [2.45, 2.75) is 39.7 Å². The monoisotopic (exact) mass is 493 g/mol. The van der Waals surface area contributed by atoms with Crippen molar-refractivity contribution in [1.29, 1.82) is 0 Å². The zero-order valence-electron chi connectivity index (χ0n) is 21.8. The fourth-order valence-corrected chi connectivity index (χ4v) is 6.01. The second-order valence-corrected chi connectivity index (χ2v) is 10.4. The molecular formula is C31H35N5O. The van der Waals surface area contributed by atoms with E-state index in [1.807, 2.05) is 36.5 Å². The van der Waals surface area contributed by atoms with Crippen LogP contribution in [0.5, 0.6) is 0 Å². The van der Waals surface area contributed by atoms with E-state index in [9.17, 15) is 4.79 Å². The van der Waals surface area contributed by atoms with Crippen LogP contribution < -0.4 is 10.2 Å². The number of carbonyl (C=O) groups is 1. The fourth-order valence-electron chi connectivity index (χ4n) is 6.01. The molecule has 6 heteroatoms. The van der Waals surface area contributed by atoms with Crippen LogP contribution in [-0.2, 0) is 19.4 Å². The maximum atomic E-state index is 12.9. The summed E-state index contributed by atoms with van der Waals surface area (Å²) < 4.78 is 2.51. The Morgan fingerprint density at radius 2 is 1.78 bits per heavy atom. The molecule has 0 atom stereocenters. The highest BCUT2D eigenvalue weighted by atomic mass is 16.1. The van der Waals surface area contributed by atoms with E-state index in [4.69, 9.17) is 0 Å². The SMILES string of the molecule is Cc1ccnc(N2CCN(CCc3c(C)n4c5c(cc(NC(=O)c6ccccc6)cc35)CCC4)CC2)c1. The van der Waals surface area contributed by atoms with E-state index in [1.54, 1.807) is 0 Å². The van der Waals surface area contributed by atoms with Gasteiger partial charge in [-0.2, -0.15) is 0 Å². The standard InChI is InChI=1S/C31H35N5O/c1-22-10-12-32-29(19-22)35-17-15-34(16-18-35)14-11-27-23(2)36-13-6-9-25-20-26(21-28(27)30(25)36)33-31(37)24-7-4-3-5-8-24/h3-5,7-8,10,12,19-21H,6,9,11,13-18H2,1-2H3,(H,33,37). The highest BCUT2D eigenvalue weighted by Crippen LogP contribution is 2.35. The van der Waals surface area contributed by atoms with E-state index < -0.39 is 0 Å². The number of benzene rings is 2. The minimum Gasteiger partial charge on any atom is -0.354 e. The average molecular weight is 494 g/mol. The fraction of sp³-hybridized carbons (Fsp3) is 0.355. The molecule has 0 spiro atoms. The molecule has 4 aromatic rings. The average Bonchev–Trinajstić information content (AvgIpc) is 3.20. The van der Waals surface area contributed by atoms with Gasteiger partial charge in [0.1, 0.15) is 5.82 Å². The lowest BCUT2D eigenvalue weighted by molar-refractivity contribution is 0.102. The van der Waals surface area contributed by atoms with Crippen LogP contribution in [0.3, 0.4) is 0 Å². The molecule has 4 heterocycles. The lowest BCUT2D eigenvalue weighted by Gasteiger charge is -2.35. The van der Waals surface area contributed by atoms with Gasteiger partial charge in [0.25, 0.3) is 5.91 Å². The van der Waals surface area contributed by atoms with Gasteiger partial charge >= 0.3 is 0 Å². The second kappa shape index (κ2) is 10.0. The zero-order chi connectivity index (χ0) is 25.4. The van der Waals surface area contributed by atoms with Crippen LogP contribution in [0.15, 0.2) is 60.8 Å². The van der Waals surface area contributed by atoms with Crippen molar-refractivity contribution < 1.29 is 4.79 Å². The first-order valence-corrected chi connectivity index (χ1v) is 13.5. The van der Waals surface area contributed by atoms with E-state index in [0.717, 1.165) is 70.0 Å². The first kappa shape index (κ1) is 23.7. The molecule has 0 saturated carbocycles. The summed E-state index contributed by atoms with van der Waals surface area (Å²) in [6.45, 7) is 10.6. The Hall–Kier alpha value is -3.64. The summed E-state index contributed by atoms with van der Waals surface area (Å²) in [5, 5.41) is 4.47. The van der Waals surface area contributed by atoms with Gasteiger partial charge in [-0.15, -0.1) is 0 Å². The number of pyridine rings is 1. The number of nitrogens with one attached hydrogen (secondary N) is 1. The van der Waals surface area contributed by atoms with E-state index in [1.165, 1.54) is 33.3 Å². The number of rotatable bonds is 6. The molecule has 2 aromatic carbocycles. The lowest BCUT2D eigenvalue weighted by Crippen LogP contribution is -2.47. The van der Waals surface area contributed by atoms with Gasteiger partial charge in [-0.05, 0) is 86.2 Å². The Bertz CT molecular complexity index is 1430. The van der Waals surface area contributed by atoms with Crippen LogP contribution in [0.4, 0.5) is 11.5 Å². The van der Waals surface area contributed by atoms with Gasteiger partial charge in [0.15, 0.2) is 0 Å². The summed E-state index contributed by atoms with van der Waals surface area (Å²) in [6.07, 6.45) is 5.13. The van der Waals surface area contributed by atoms with Crippen molar-refractivity contribution in [3.8, 4) is 0 Å². The molecule has 1 N–H and O–H groups in total. The summed E-state index contributed by atoms with van der Waals surface area (Å²) in [5.41, 5.74) is 8.37. The molecule has 2 aliphatic heterocycles. The third-order valence-corrected chi connectivity index (χ3v) is 8.02. The molecule has 0 aliphatic carbocycles. The highest BCUT2D eigenvalue weighted by Gasteiger charge is 2.23. The predicted molar refractivity (Wildman–Crippen MR) is 151 cm³/mol. The molecule has 0 bridgehead atoms. The maximum Gasteiger partial charge on any atom is 0.255 e. The van der Waals surface area contributed by atoms with Crippen molar-refractivity contribution >= 4 is 28.3 Å². The van der Waals surface area contributed by atoms with Gasteiger partial charge in [-0.3, -0.25) is 9.69 Å². The number of hydrogen-bond donors (Lipinski definition) is 1. The Kier molecular flexibility index (Phi) is 6.43. The molecule has 0 unspecified atom stereocenters. The molecule has 1 saturated heterocycles. The summed E-state index contributed by atoms with van der Waals surface area (Å²) in [5.74, 6) is 1.04. The Balaban J connectivity index is 1.20. The smallest absolute Gasteiger partial charge is 0.255 e. The van der Waals surface area contributed by atoms with E-state index in [-0.39, 0.29) is 5.91 Å². The Morgan fingerprint density at radius 1 is 0.973 bits per heavy atom. The molecule has 0 radical (unpaired) electrons. The minimum absolute atomic E-state index is 0.0540. The van der Waals surface area contributed by atoms with E-state index >= 15 is 0 Å². The van der Waals surface area contributed by atoms with Gasteiger partial charge in [-0.25, -0.2) is 4.98 Å². The predicted octanol–water partition coefficient (Wildman–Crippen LogP) is 5.22. The number of anilines is 2. The van der Waals surface area contributed by atoms with Crippen molar-refractivity contribution in [3.05, 3.63) is 88.7 Å². The third-order valence-electron chi connectivity index (χ3n) is 8.02. The molecule has 1 amide bonds. The molecule has 1 fully saturated rings. The van der Waals surface area contributed by atoms with Crippen LogP contribution in [0.25, 0.3) is 10.9 Å². The molecular weight excluding hydrogens is 458 g/mol. The van der Waals surface area contributed by atoms with Crippen LogP contribution in [0.2, 0.25) is 0 Å². The molecule has 190 valence electrons. The summed E-state index contributed by atoms with van der Waals surface area (Å²) in [7, 11) is 0. The van der Waals surface area contributed by atoms with Crippen LogP contribution in [-0.4, -0.2) is 53.1 Å². The first-order chi connectivity index (χ1) is 18.1. The lowest BCUT2D eigenvalue weighted by atomic mass is 10.00. The van der Waals surface area contributed by atoms with Gasteiger partial charge in [0, 0.05) is 67.8 Å². The highest BCUT2D eigenvalue weighted by molar-refractivity contribution is 6.05. The van der Waals surface area contributed by atoms with E-state index in [0.29, 0.717) is 5.56 Å². The van der Waals surface area contributed by atoms with Crippen molar-refractivity contribution in [1.82, 2.24) is 14.5 Å². The largest absolute Gasteiger partial charge is 0.354 e. The molecule has 6 nitrogen and oxygen atoms in total. The quantitative estimate of drug-likeness (QED) is 0.400. The number of aryl methyl sites for hydroxylation is 3. The van der Waals surface area contributed by atoms with Gasteiger partial charge in [0.2, 0.25) is 0 Å². The topological polar surface area (TPSA) is 53.4 Å². The summed E-state index contributed by atoms with van der Waals surface area (Å²) in [4.78, 5) is 22.4. The van der Waals surface area contributed by atoms with E-state index in [2.05, 4.69) is 62.8 Å². The first-order valence-electron chi connectivity index (χ1n) is 13.5. The van der Waals surface area contributed by atoms with Gasteiger partial charge in [0.05, 0.1) is 5.52 Å². The number of aromatic nitrogens is 2. The Morgan fingerprint density at radius 3 is 2.57 bits per heavy atom. The van der Waals surface area contributed by atoms with Crippen molar-refractivity contribution in [2.75, 3.05) is 42.9 Å². The third kappa shape index (κ3) is 4.74. The summed E-state index contributed by atoms with van der Waals surface area (Å²) >= 11 is 0. The van der Waals surface area contributed by atoms with Crippen molar-refractivity contribution in [2.24, 2.45) is 0 Å². The Labute approximate surface area is 218 Å². The van der Waals surface area contributed by atoms with Gasteiger partial charge < -0.3 is 14.8 Å². The van der Waals surface area contributed by atoms with Crippen LogP contribution in [0, 0.1) is 13.8 Å². The molecule has 2 aliphatic rings. The minimum atomic E-state index is -0.0540. The van der Waals surface area contributed by atoms with Crippen LogP contribution >= 0.6 is 0 Å². The molecule has 6 rings (SSSR count). The number of hydrogen-bond acceptors (Lipinski definition) is 4. The zero-order valence-corrected chi connectivity index (χ0v) is 21.8. The number of carbonyl (C=O) groups excluding carboxylic acids is 1. The second-order valence-electron chi connectivity index (χ2n) is 10.4. The van der Waals surface area contributed by atoms with Crippen molar-refractivity contribution in [3.63, 3.8) is 0 Å². The van der Waals surface area contributed by atoms with Gasteiger partial charge in [-0.1, -0.05) is 18.2 Å². The number of amides is 1. The number of piperazine rings is 1. The molecule has 2 aromatic heterocycles. The maximum absolute atomic E-state index is 12.9. The molecule has 37 heavy (non-hydrogen) atoms. The van der Waals surface area contributed by atoms with Crippen LogP contribution in [0.1, 0.15) is 39.2 Å². The normalized spacial score (nSPS) is 15.8. The number of nitrogens with zero attached hydrogens (tertiary/aromatic N) is 4.